The van der Waals surface area contributed by atoms with Crippen LogP contribution in [0.3, 0.4) is 0 Å². The van der Waals surface area contributed by atoms with E-state index in [1.54, 1.807) is 0 Å². The maximum Gasteiger partial charge on any atom is 0.307 e. The summed E-state index contributed by atoms with van der Waals surface area (Å²) in [5.74, 6) is -1.58. The van der Waals surface area contributed by atoms with E-state index in [0.29, 0.717) is 6.42 Å². The van der Waals surface area contributed by atoms with Crippen molar-refractivity contribution in [1.82, 2.24) is 5.32 Å². The van der Waals surface area contributed by atoms with Crippen LogP contribution in [0.2, 0.25) is 0 Å². The fourth-order valence-electron chi connectivity index (χ4n) is 3.02. The number of rotatable bonds is 3. The molecule has 2 N–H and O–H groups in total. The number of carbonyl (C=O) groups excluding carboxylic acids is 1. The van der Waals surface area contributed by atoms with Gasteiger partial charge in [-0.05, 0) is 25.7 Å². The number of aliphatic carboxylic acids is 1. The zero-order valence-electron chi connectivity index (χ0n) is 10.9. The third-order valence-electron chi connectivity index (χ3n) is 4.38. The van der Waals surface area contributed by atoms with Crippen molar-refractivity contribution in [2.45, 2.75) is 63.8 Å². The van der Waals surface area contributed by atoms with Crippen LogP contribution >= 0.6 is 0 Å². The van der Waals surface area contributed by atoms with E-state index in [4.69, 9.17) is 5.11 Å². The summed E-state index contributed by atoms with van der Waals surface area (Å²) in [7, 11) is 0. The summed E-state index contributed by atoms with van der Waals surface area (Å²) < 4.78 is 0. The van der Waals surface area contributed by atoms with Gasteiger partial charge >= 0.3 is 5.97 Å². The molecule has 2 aliphatic carbocycles. The molecule has 0 heterocycles. The quantitative estimate of drug-likeness (QED) is 0.811. The Kier molecular flexibility index (Phi) is 4.61. The van der Waals surface area contributed by atoms with E-state index in [1.165, 1.54) is 32.1 Å². The molecule has 18 heavy (non-hydrogen) atoms. The first-order chi connectivity index (χ1) is 8.68. The van der Waals surface area contributed by atoms with Crippen LogP contribution < -0.4 is 5.32 Å². The monoisotopic (exact) mass is 253 g/mol. The van der Waals surface area contributed by atoms with E-state index in [9.17, 15) is 9.59 Å². The lowest BCUT2D eigenvalue weighted by Crippen LogP contribution is -2.47. The number of carbonyl (C=O) groups is 2. The fraction of sp³-hybridized carbons (Fsp3) is 0.857. The molecule has 2 fully saturated rings. The van der Waals surface area contributed by atoms with Gasteiger partial charge in [-0.15, -0.1) is 0 Å². The summed E-state index contributed by atoms with van der Waals surface area (Å²) >= 11 is 0. The Bertz CT molecular complexity index is 308. The third kappa shape index (κ3) is 3.24. The van der Waals surface area contributed by atoms with E-state index in [1.807, 2.05) is 0 Å². The average Bonchev–Trinajstić information content (AvgIpc) is 2.19. The molecule has 0 aliphatic heterocycles. The van der Waals surface area contributed by atoms with Gasteiger partial charge < -0.3 is 10.4 Å². The summed E-state index contributed by atoms with van der Waals surface area (Å²) in [6.07, 6.45) is 9.67. The first-order valence-electron chi connectivity index (χ1n) is 7.21. The van der Waals surface area contributed by atoms with Crippen LogP contribution in [0, 0.1) is 11.8 Å². The molecule has 0 radical (unpaired) electrons. The molecule has 2 aliphatic rings. The summed E-state index contributed by atoms with van der Waals surface area (Å²) in [6.45, 7) is 0. The van der Waals surface area contributed by atoms with Gasteiger partial charge in [-0.25, -0.2) is 0 Å². The van der Waals surface area contributed by atoms with Crippen LogP contribution in [0.4, 0.5) is 0 Å². The third-order valence-corrected chi connectivity index (χ3v) is 4.38. The van der Waals surface area contributed by atoms with Gasteiger partial charge in [0.1, 0.15) is 0 Å². The summed E-state index contributed by atoms with van der Waals surface area (Å²) in [5, 5.41) is 12.0. The van der Waals surface area contributed by atoms with Crippen LogP contribution in [0.5, 0.6) is 0 Å². The van der Waals surface area contributed by atoms with Gasteiger partial charge in [-0.2, -0.15) is 0 Å². The van der Waals surface area contributed by atoms with Crippen molar-refractivity contribution >= 4 is 11.9 Å². The molecule has 0 aromatic carbocycles. The molecule has 102 valence electrons. The Morgan fingerprint density at radius 2 is 1.39 bits per heavy atom. The molecule has 2 unspecified atom stereocenters. The molecular formula is C14H23NO3. The van der Waals surface area contributed by atoms with Crippen LogP contribution in [-0.2, 0) is 9.59 Å². The van der Waals surface area contributed by atoms with Gasteiger partial charge in [0.15, 0.2) is 0 Å². The van der Waals surface area contributed by atoms with Crippen molar-refractivity contribution in [1.29, 1.82) is 0 Å². The molecule has 2 rings (SSSR count). The second-order valence-electron chi connectivity index (χ2n) is 5.68. The number of carboxylic acids is 1. The van der Waals surface area contributed by atoms with Crippen LogP contribution in [0.1, 0.15) is 57.8 Å². The van der Waals surface area contributed by atoms with Crippen molar-refractivity contribution in [2.75, 3.05) is 0 Å². The highest BCUT2D eigenvalue weighted by molar-refractivity contribution is 5.86. The molecular weight excluding hydrogens is 230 g/mol. The SMILES string of the molecule is O=C(O)C1CCC1C(=O)NC1CCCCCCC1. The average molecular weight is 253 g/mol. The highest BCUT2D eigenvalue weighted by Gasteiger charge is 2.41. The van der Waals surface area contributed by atoms with Gasteiger partial charge in [0.05, 0.1) is 11.8 Å². The molecule has 2 saturated carbocycles. The normalized spacial score (nSPS) is 29.8. The summed E-state index contributed by atoms with van der Waals surface area (Å²) in [4.78, 5) is 22.9. The Morgan fingerprint density at radius 3 is 1.89 bits per heavy atom. The molecule has 4 heteroatoms. The second kappa shape index (κ2) is 6.21. The predicted molar refractivity (Wildman–Crippen MR) is 68.1 cm³/mol. The lowest BCUT2D eigenvalue weighted by molar-refractivity contribution is -0.153. The van der Waals surface area contributed by atoms with Crippen LogP contribution in [-0.4, -0.2) is 23.0 Å². The standard InChI is InChI=1S/C14H23NO3/c16-13(11-8-9-12(11)14(17)18)15-10-6-4-2-1-3-5-7-10/h10-12H,1-9H2,(H,15,16)(H,17,18). The van der Waals surface area contributed by atoms with Gasteiger partial charge in [-0.3, -0.25) is 9.59 Å². The lowest BCUT2D eigenvalue weighted by atomic mass is 9.73. The number of amides is 1. The minimum atomic E-state index is -0.820. The first-order valence-corrected chi connectivity index (χ1v) is 7.21. The van der Waals surface area contributed by atoms with Crippen LogP contribution in [0.25, 0.3) is 0 Å². The predicted octanol–water partition coefficient (Wildman–Crippen LogP) is 2.33. The van der Waals surface area contributed by atoms with E-state index < -0.39 is 11.9 Å². The second-order valence-corrected chi connectivity index (χ2v) is 5.68. The fourth-order valence-corrected chi connectivity index (χ4v) is 3.02. The van der Waals surface area contributed by atoms with Gasteiger partial charge in [-0.1, -0.05) is 32.1 Å². The molecule has 0 saturated heterocycles. The Labute approximate surface area is 108 Å². The molecule has 0 bridgehead atoms. The molecule has 0 spiro atoms. The smallest absolute Gasteiger partial charge is 0.307 e. The maximum atomic E-state index is 12.0. The van der Waals surface area contributed by atoms with Crippen molar-refractivity contribution < 1.29 is 14.7 Å². The number of hydrogen-bond donors (Lipinski definition) is 2. The lowest BCUT2D eigenvalue weighted by Gasteiger charge is -2.33. The van der Waals surface area contributed by atoms with Crippen molar-refractivity contribution in [3.05, 3.63) is 0 Å². The number of nitrogens with one attached hydrogen (secondary N) is 1. The van der Waals surface area contributed by atoms with Gasteiger partial charge in [0, 0.05) is 6.04 Å². The molecule has 0 aromatic heterocycles. The number of carboxylic acid groups (broad SMARTS) is 1. The van der Waals surface area contributed by atoms with E-state index >= 15 is 0 Å². The summed E-state index contributed by atoms with van der Waals surface area (Å²) in [6, 6.07) is 0.271. The molecule has 1 amide bonds. The maximum absolute atomic E-state index is 12.0. The Balaban J connectivity index is 1.80. The Hall–Kier alpha value is -1.06. The molecule has 2 atom stereocenters. The van der Waals surface area contributed by atoms with Crippen molar-refractivity contribution in [3.8, 4) is 0 Å². The molecule has 4 nitrogen and oxygen atoms in total. The first kappa shape index (κ1) is 13.4. The Morgan fingerprint density at radius 1 is 0.833 bits per heavy atom. The van der Waals surface area contributed by atoms with Crippen LogP contribution in [0.15, 0.2) is 0 Å². The van der Waals surface area contributed by atoms with E-state index in [-0.39, 0.29) is 17.9 Å². The highest BCUT2D eigenvalue weighted by Crippen LogP contribution is 2.34. The zero-order valence-corrected chi connectivity index (χ0v) is 10.9. The van der Waals surface area contributed by atoms with E-state index in [0.717, 1.165) is 19.3 Å². The minimum Gasteiger partial charge on any atom is -0.481 e. The van der Waals surface area contributed by atoms with Gasteiger partial charge in [0.25, 0.3) is 0 Å². The summed E-state index contributed by atoms with van der Waals surface area (Å²) in [5.41, 5.74) is 0. The largest absolute Gasteiger partial charge is 0.481 e. The van der Waals surface area contributed by atoms with E-state index in [2.05, 4.69) is 5.32 Å². The topological polar surface area (TPSA) is 66.4 Å². The highest BCUT2D eigenvalue weighted by atomic mass is 16.4. The zero-order chi connectivity index (χ0) is 13.0. The van der Waals surface area contributed by atoms with Crippen molar-refractivity contribution in [2.24, 2.45) is 11.8 Å². The molecule has 0 aromatic rings. The minimum absolute atomic E-state index is 0.0285. The van der Waals surface area contributed by atoms with Crippen molar-refractivity contribution in [3.63, 3.8) is 0 Å². The number of hydrogen-bond acceptors (Lipinski definition) is 2. The van der Waals surface area contributed by atoms with Gasteiger partial charge in [0.2, 0.25) is 5.91 Å².